The summed E-state index contributed by atoms with van der Waals surface area (Å²) in [5.41, 5.74) is -0.281. The summed E-state index contributed by atoms with van der Waals surface area (Å²) in [6.07, 6.45) is 3.55. The lowest BCUT2D eigenvalue weighted by atomic mass is 9.90. The van der Waals surface area contributed by atoms with Crippen molar-refractivity contribution in [1.82, 2.24) is 4.98 Å². The fourth-order valence-corrected chi connectivity index (χ4v) is 2.52. The summed E-state index contributed by atoms with van der Waals surface area (Å²) in [5.74, 6) is -0.840. The van der Waals surface area contributed by atoms with Gasteiger partial charge in [0.05, 0.1) is 5.69 Å². The Morgan fingerprint density at radius 2 is 2.17 bits per heavy atom. The van der Waals surface area contributed by atoms with E-state index in [2.05, 4.69) is 16.8 Å². The first kappa shape index (κ1) is 15.0. The van der Waals surface area contributed by atoms with E-state index in [-0.39, 0.29) is 0 Å². The molecule has 0 spiro atoms. The Bertz CT molecular complexity index is 401. The smallest absolute Gasteiger partial charge is 0.315 e. The van der Waals surface area contributed by atoms with E-state index in [4.69, 9.17) is 5.11 Å². The Labute approximate surface area is 113 Å². The summed E-state index contributed by atoms with van der Waals surface area (Å²) < 4.78 is 0. The molecule has 0 saturated carbocycles. The Morgan fingerprint density at radius 3 is 2.72 bits per heavy atom. The Morgan fingerprint density at radius 1 is 1.50 bits per heavy atom. The number of nitrogens with zero attached hydrogens (tertiary/aromatic N) is 2. The molecule has 0 radical (unpaired) electrons. The molecule has 0 aliphatic heterocycles. The lowest BCUT2D eigenvalue weighted by Gasteiger charge is -2.17. The van der Waals surface area contributed by atoms with E-state index in [1.165, 1.54) is 24.2 Å². The van der Waals surface area contributed by atoms with Gasteiger partial charge in [0.25, 0.3) is 0 Å². The van der Waals surface area contributed by atoms with Crippen LogP contribution in [-0.4, -0.2) is 29.7 Å². The molecule has 0 saturated heterocycles. The Balaban J connectivity index is 2.71. The van der Waals surface area contributed by atoms with Crippen LogP contribution >= 0.6 is 11.3 Å². The highest BCUT2D eigenvalue weighted by Gasteiger charge is 2.32. The summed E-state index contributed by atoms with van der Waals surface area (Å²) in [6, 6.07) is 0. The maximum Gasteiger partial charge on any atom is 0.315 e. The van der Waals surface area contributed by atoms with Gasteiger partial charge >= 0.3 is 5.97 Å². The van der Waals surface area contributed by atoms with Crippen LogP contribution < -0.4 is 4.90 Å². The molecule has 0 atom stereocenters. The molecule has 0 aliphatic rings. The second-order valence-corrected chi connectivity index (χ2v) is 5.91. The minimum atomic E-state index is -0.918. The molecule has 1 heterocycles. The molecule has 0 bridgehead atoms. The van der Waals surface area contributed by atoms with Crippen LogP contribution in [0.2, 0.25) is 0 Å². The number of carbonyl (C=O) groups is 1. The lowest BCUT2D eigenvalue weighted by molar-refractivity contribution is -0.142. The molecule has 102 valence electrons. The average molecular weight is 270 g/mol. The largest absolute Gasteiger partial charge is 0.481 e. The maximum absolute atomic E-state index is 11.2. The number of anilines is 1. The van der Waals surface area contributed by atoms with Crippen LogP contribution in [0.4, 0.5) is 5.13 Å². The Kier molecular flexibility index (Phi) is 5.14. The van der Waals surface area contributed by atoms with Gasteiger partial charge in [-0.15, -0.1) is 11.3 Å². The normalized spacial score (nSPS) is 11.6. The van der Waals surface area contributed by atoms with E-state index in [0.29, 0.717) is 5.69 Å². The topological polar surface area (TPSA) is 53.4 Å². The van der Waals surface area contributed by atoms with Gasteiger partial charge in [0.15, 0.2) is 5.13 Å². The number of carboxylic acids is 1. The first-order chi connectivity index (χ1) is 8.39. The van der Waals surface area contributed by atoms with E-state index in [0.717, 1.165) is 18.1 Å². The molecule has 1 aromatic rings. The van der Waals surface area contributed by atoms with Crippen molar-refractivity contribution in [3.63, 3.8) is 0 Å². The zero-order valence-corrected chi connectivity index (χ0v) is 12.4. The number of hydrogen-bond acceptors (Lipinski definition) is 4. The highest BCUT2D eigenvalue weighted by molar-refractivity contribution is 7.13. The molecular formula is C13H22N2O2S. The number of hydrogen-bond donors (Lipinski definition) is 1. The van der Waals surface area contributed by atoms with Gasteiger partial charge in [0, 0.05) is 19.0 Å². The van der Waals surface area contributed by atoms with E-state index in [1.54, 1.807) is 13.8 Å². The first-order valence-electron chi connectivity index (χ1n) is 6.30. The summed E-state index contributed by atoms with van der Waals surface area (Å²) in [5, 5.41) is 11.9. The highest BCUT2D eigenvalue weighted by Crippen LogP contribution is 2.28. The summed E-state index contributed by atoms with van der Waals surface area (Å²) in [4.78, 5) is 17.7. The standard InChI is InChI=1S/C13H22N2O2S/c1-5-6-7-8-15(4)12-14-10(9-18-12)13(2,3)11(16)17/h9H,5-8H2,1-4H3,(H,16,17). The molecule has 4 nitrogen and oxygen atoms in total. The fraction of sp³-hybridized carbons (Fsp3) is 0.692. The van der Waals surface area contributed by atoms with Gasteiger partial charge in [-0.1, -0.05) is 19.8 Å². The van der Waals surface area contributed by atoms with Crippen molar-refractivity contribution < 1.29 is 9.90 Å². The van der Waals surface area contributed by atoms with Gasteiger partial charge in [-0.3, -0.25) is 4.79 Å². The quantitative estimate of drug-likeness (QED) is 0.773. The summed E-state index contributed by atoms with van der Waals surface area (Å²) in [6.45, 7) is 6.52. The number of thiazole rings is 1. The summed E-state index contributed by atoms with van der Waals surface area (Å²) in [7, 11) is 2.01. The van der Waals surface area contributed by atoms with Gasteiger partial charge in [0.2, 0.25) is 0 Å². The predicted molar refractivity (Wildman–Crippen MR) is 75.6 cm³/mol. The molecule has 0 unspecified atom stereocenters. The van der Waals surface area contributed by atoms with E-state index < -0.39 is 11.4 Å². The van der Waals surface area contributed by atoms with Crippen molar-refractivity contribution in [3.8, 4) is 0 Å². The number of aromatic nitrogens is 1. The molecule has 0 fully saturated rings. The highest BCUT2D eigenvalue weighted by atomic mass is 32.1. The molecule has 18 heavy (non-hydrogen) atoms. The van der Waals surface area contributed by atoms with Crippen LogP contribution in [0, 0.1) is 0 Å². The SMILES string of the molecule is CCCCCN(C)c1nc(C(C)(C)C(=O)O)cs1. The second kappa shape index (κ2) is 6.18. The van der Waals surface area contributed by atoms with Crippen LogP contribution in [0.15, 0.2) is 5.38 Å². The number of unbranched alkanes of at least 4 members (excludes halogenated alkanes) is 2. The van der Waals surface area contributed by atoms with Crippen LogP contribution in [0.25, 0.3) is 0 Å². The minimum Gasteiger partial charge on any atom is -0.481 e. The third kappa shape index (κ3) is 3.45. The molecule has 0 aliphatic carbocycles. The third-order valence-electron chi connectivity index (χ3n) is 3.09. The van der Waals surface area contributed by atoms with Crippen molar-refractivity contribution in [3.05, 3.63) is 11.1 Å². The maximum atomic E-state index is 11.2. The van der Waals surface area contributed by atoms with E-state index >= 15 is 0 Å². The lowest BCUT2D eigenvalue weighted by Crippen LogP contribution is -2.29. The van der Waals surface area contributed by atoms with E-state index in [1.807, 2.05) is 12.4 Å². The van der Waals surface area contributed by atoms with Crippen LogP contribution in [0.5, 0.6) is 0 Å². The summed E-state index contributed by atoms with van der Waals surface area (Å²) >= 11 is 1.51. The molecule has 0 aromatic carbocycles. The van der Waals surface area contributed by atoms with Crippen molar-refractivity contribution in [2.24, 2.45) is 0 Å². The van der Waals surface area contributed by atoms with Crippen LogP contribution in [0.1, 0.15) is 45.7 Å². The molecule has 1 N–H and O–H groups in total. The molecule has 1 rings (SSSR count). The van der Waals surface area contributed by atoms with Gasteiger partial charge < -0.3 is 10.0 Å². The van der Waals surface area contributed by atoms with E-state index in [9.17, 15) is 4.79 Å². The zero-order chi connectivity index (χ0) is 13.8. The van der Waals surface area contributed by atoms with Gasteiger partial charge in [0.1, 0.15) is 5.41 Å². The zero-order valence-electron chi connectivity index (χ0n) is 11.6. The van der Waals surface area contributed by atoms with Crippen molar-refractivity contribution >= 4 is 22.4 Å². The van der Waals surface area contributed by atoms with Crippen molar-refractivity contribution in [1.29, 1.82) is 0 Å². The third-order valence-corrected chi connectivity index (χ3v) is 4.05. The van der Waals surface area contributed by atoms with Crippen molar-refractivity contribution in [2.75, 3.05) is 18.5 Å². The van der Waals surface area contributed by atoms with Crippen LogP contribution in [-0.2, 0) is 10.2 Å². The van der Waals surface area contributed by atoms with Crippen LogP contribution in [0.3, 0.4) is 0 Å². The number of rotatable bonds is 7. The average Bonchev–Trinajstić information content (AvgIpc) is 2.78. The molecule has 1 aromatic heterocycles. The number of carboxylic acid groups (broad SMARTS) is 1. The molecular weight excluding hydrogens is 248 g/mol. The first-order valence-corrected chi connectivity index (χ1v) is 7.18. The van der Waals surface area contributed by atoms with Gasteiger partial charge in [-0.2, -0.15) is 0 Å². The molecule has 5 heteroatoms. The monoisotopic (exact) mass is 270 g/mol. The van der Waals surface area contributed by atoms with Gasteiger partial charge in [-0.05, 0) is 20.3 Å². The van der Waals surface area contributed by atoms with Gasteiger partial charge in [-0.25, -0.2) is 4.98 Å². The fourth-order valence-electron chi connectivity index (χ4n) is 1.53. The number of aliphatic carboxylic acids is 1. The van der Waals surface area contributed by atoms with Crippen molar-refractivity contribution in [2.45, 2.75) is 45.4 Å². The second-order valence-electron chi connectivity index (χ2n) is 5.07. The predicted octanol–water partition coefficient (Wildman–Crippen LogP) is 3.13. The molecule has 0 amide bonds. The minimum absolute atomic E-state index is 0.636. The Hall–Kier alpha value is -1.10.